The van der Waals surface area contributed by atoms with Crippen molar-refractivity contribution in [1.29, 1.82) is 0 Å². The lowest BCUT2D eigenvalue weighted by molar-refractivity contribution is 0.0257. The quantitative estimate of drug-likeness (QED) is 0.518. The second kappa shape index (κ2) is 8.86. The van der Waals surface area contributed by atoms with Gasteiger partial charge in [-0.2, -0.15) is 0 Å². The third-order valence-electron chi connectivity index (χ3n) is 8.87. The molecule has 0 saturated heterocycles. The van der Waals surface area contributed by atoms with Gasteiger partial charge in [0, 0.05) is 13.1 Å². The van der Waals surface area contributed by atoms with Crippen molar-refractivity contribution in [2.75, 3.05) is 13.7 Å². The van der Waals surface area contributed by atoms with Gasteiger partial charge in [0.25, 0.3) is 0 Å². The Balaban J connectivity index is 1.52. The fourth-order valence-corrected chi connectivity index (χ4v) is 6.96. The van der Waals surface area contributed by atoms with Crippen LogP contribution in [-0.4, -0.2) is 13.7 Å². The van der Waals surface area contributed by atoms with Gasteiger partial charge in [0.05, 0.1) is 7.11 Å². The largest absolute Gasteiger partial charge is 0.496 e. The van der Waals surface area contributed by atoms with Crippen LogP contribution >= 0.6 is 0 Å². The molecule has 0 aliphatic heterocycles. The van der Waals surface area contributed by atoms with E-state index >= 15 is 0 Å². The zero-order valence-corrected chi connectivity index (χ0v) is 21.4. The van der Waals surface area contributed by atoms with E-state index in [1.807, 2.05) is 0 Å². The number of benzene rings is 2. The van der Waals surface area contributed by atoms with E-state index in [-0.39, 0.29) is 0 Å². The second-order valence-corrected chi connectivity index (χ2v) is 11.4. The molecule has 0 aromatic heterocycles. The topological polar surface area (TPSA) is 21.3 Å². The summed E-state index contributed by atoms with van der Waals surface area (Å²) in [6.45, 7) is 16.1. The van der Waals surface area contributed by atoms with Crippen LogP contribution in [0, 0.1) is 25.2 Å². The highest BCUT2D eigenvalue weighted by atomic mass is 16.5. The van der Waals surface area contributed by atoms with Gasteiger partial charge in [-0.1, -0.05) is 58.4 Å². The fourth-order valence-electron chi connectivity index (χ4n) is 6.96. The summed E-state index contributed by atoms with van der Waals surface area (Å²) in [5.74, 6) is 2.34. The number of hydrogen-bond donors (Lipinski definition) is 1. The highest BCUT2D eigenvalue weighted by Gasteiger charge is 2.51. The minimum atomic E-state index is 0.310. The maximum Gasteiger partial charge on any atom is 0.122 e. The van der Waals surface area contributed by atoms with Crippen LogP contribution in [0.1, 0.15) is 92.7 Å². The van der Waals surface area contributed by atoms with Crippen molar-refractivity contribution in [3.63, 3.8) is 0 Å². The first-order chi connectivity index (χ1) is 15.2. The van der Waals surface area contributed by atoms with Crippen molar-refractivity contribution in [3.05, 3.63) is 63.7 Å². The molecule has 0 spiro atoms. The van der Waals surface area contributed by atoms with E-state index in [1.165, 1.54) is 54.4 Å². The Morgan fingerprint density at radius 3 is 2.56 bits per heavy atom. The van der Waals surface area contributed by atoms with Crippen LogP contribution in [0.15, 0.2) is 30.3 Å². The van der Waals surface area contributed by atoms with Crippen molar-refractivity contribution in [1.82, 2.24) is 5.32 Å². The number of aryl methyl sites for hydroxylation is 3. The van der Waals surface area contributed by atoms with Crippen LogP contribution in [0.3, 0.4) is 0 Å². The molecule has 2 aromatic rings. The highest BCUT2D eigenvalue weighted by molar-refractivity contribution is 5.43. The fraction of sp³-hybridized carbons (Fsp3) is 0.600. The van der Waals surface area contributed by atoms with Gasteiger partial charge in [0.1, 0.15) is 5.75 Å². The number of ether oxygens (including phenoxy) is 1. The Bertz CT molecular complexity index is 977. The average molecular weight is 434 g/mol. The molecule has 2 aromatic carbocycles. The van der Waals surface area contributed by atoms with Gasteiger partial charge in [-0.25, -0.2) is 0 Å². The Labute approximate surface area is 196 Å². The molecule has 1 N–H and O–H groups in total. The predicted octanol–water partition coefficient (Wildman–Crippen LogP) is 7.24. The van der Waals surface area contributed by atoms with E-state index in [1.54, 1.807) is 18.2 Å². The van der Waals surface area contributed by atoms with E-state index in [0.717, 1.165) is 24.8 Å². The van der Waals surface area contributed by atoms with E-state index < -0.39 is 0 Å². The van der Waals surface area contributed by atoms with Crippen LogP contribution in [0.5, 0.6) is 5.75 Å². The van der Waals surface area contributed by atoms with Gasteiger partial charge in [0.15, 0.2) is 0 Å². The maximum absolute atomic E-state index is 5.50. The lowest BCUT2D eigenvalue weighted by atomic mass is 9.49. The number of nitrogens with one attached hydrogen (secondary N) is 1. The van der Waals surface area contributed by atoms with Crippen LogP contribution in [0.25, 0.3) is 0 Å². The molecule has 1 saturated carbocycles. The molecule has 2 aliphatic carbocycles. The number of fused-ring (bicyclic) bond motifs is 3. The lowest BCUT2D eigenvalue weighted by Crippen LogP contribution is -2.52. The van der Waals surface area contributed by atoms with E-state index in [4.69, 9.17) is 4.74 Å². The molecule has 3 unspecified atom stereocenters. The van der Waals surface area contributed by atoms with Gasteiger partial charge in [-0.3, -0.25) is 0 Å². The molecule has 2 heteroatoms. The first-order valence-electron chi connectivity index (χ1n) is 12.7. The lowest BCUT2D eigenvalue weighted by Gasteiger charge is -2.55. The van der Waals surface area contributed by atoms with E-state index in [2.05, 4.69) is 77.2 Å². The zero-order valence-electron chi connectivity index (χ0n) is 21.4. The molecule has 32 heavy (non-hydrogen) atoms. The smallest absolute Gasteiger partial charge is 0.122 e. The Kier molecular flexibility index (Phi) is 6.47. The molecule has 0 radical (unpaired) electrons. The summed E-state index contributed by atoms with van der Waals surface area (Å²) in [7, 11) is 1.76. The molecule has 0 amide bonds. The summed E-state index contributed by atoms with van der Waals surface area (Å²) in [4.78, 5) is 0. The first-order valence-corrected chi connectivity index (χ1v) is 12.7. The first kappa shape index (κ1) is 23.4. The molecule has 2 aliphatic rings. The van der Waals surface area contributed by atoms with Crippen LogP contribution in [-0.2, 0) is 18.4 Å². The Morgan fingerprint density at radius 2 is 1.84 bits per heavy atom. The molecule has 1 fully saturated rings. The zero-order chi connectivity index (χ0) is 23.1. The van der Waals surface area contributed by atoms with E-state index in [0.29, 0.717) is 16.7 Å². The summed E-state index contributed by atoms with van der Waals surface area (Å²) < 4.78 is 5.50. The molecule has 0 heterocycles. The Hall–Kier alpha value is -1.80. The van der Waals surface area contributed by atoms with Gasteiger partial charge in [0.2, 0.25) is 0 Å². The number of hydrogen-bond acceptors (Lipinski definition) is 2. The summed E-state index contributed by atoms with van der Waals surface area (Å²) in [6, 6.07) is 11.9. The molecule has 3 atom stereocenters. The minimum absolute atomic E-state index is 0.310. The standard InChI is InChI=1S/C30H43NO/c1-20(2)23-9-11-26-24(17-23)10-12-28-29(5,13-8-14-30(26,28)6)19-31-18-25-15-22(4)27(32-7)16-21(25)3/h9,11,15-17,20,28,31H,8,10,12-14,18-19H2,1-7H3. The summed E-state index contributed by atoms with van der Waals surface area (Å²) in [5.41, 5.74) is 9.34. The van der Waals surface area contributed by atoms with Gasteiger partial charge in [-0.15, -0.1) is 0 Å². The number of rotatable bonds is 6. The number of methoxy groups -OCH3 is 1. The normalized spacial score (nSPS) is 27.2. The van der Waals surface area contributed by atoms with Crippen LogP contribution < -0.4 is 10.1 Å². The molecule has 2 nitrogen and oxygen atoms in total. The third kappa shape index (κ3) is 4.12. The minimum Gasteiger partial charge on any atom is -0.496 e. The molecule has 4 rings (SSSR count). The average Bonchev–Trinajstić information content (AvgIpc) is 2.75. The van der Waals surface area contributed by atoms with Crippen molar-refractivity contribution in [2.24, 2.45) is 11.3 Å². The third-order valence-corrected chi connectivity index (χ3v) is 8.87. The summed E-state index contributed by atoms with van der Waals surface area (Å²) >= 11 is 0. The second-order valence-electron chi connectivity index (χ2n) is 11.4. The Morgan fingerprint density at radius 1 is 1.06 bits per heavy atom. The van der Waals surface area contributed by atoms with Gasteiger partial charge < -0.3 is 10.1 Å². The highest BCUT2D eigenvalue weighted by Crippen LogP contribution is 2.57. The van der Waals surface area contributed by atoms with Gasteiger partial charge >= 0.3 is 0 Å². The SMILES string of the molecule is COc1cc(C)c(CNCC2(C)CCCC3(C)c4ccc(C(C)C)cc4CCC23)cc1C. The molecule has 174 valence electrons. The maximum atomic E-state index is 5.50. The van der Waals surface area contributed by atoms with Crippen molar-refractivity contribution in [2.45, 2.75) is 91.5 Å². The molecule has 0 bridgehead atoms. The molecular formula is C30H43NO. The van der Waals surface area contributed by atoms with Crippen molar-refractivity contribution < 1.29 is 4.74 Å². The van der Waals surface area contributed by atoms with Crippen molar-refractivity contribution in [3.8, 4) is 5.75 Å². The van der Waals surface area contributed by atoms with Gasteiger partial charge in [-0.05, 0) is 102 Å². The monoisotopic (exact) mass is 433 g/mol. The van der Waals surface area contributed by atoms with Crippen LogP contribution in [0.2, 0.25) is 0 Å². The predicted molar refractivity (Wildman–Crippen MR) is 136 cm³/mol. The van der Waals surface area contributed by atoms with Crippen LogP contribution in [0.4, 0.5) is 0 Å². The van der Waals surface area contributed by atoms with Crippen molar-refractivity contribution >= 4 is 0 Å². The summed E-state index contributed by atoms with van der Waals surface area (Å²) in [5, 5.41) is 3.87. The molecular weight excluding hydrogens is 390 g/mol. The van der Waals surface area contributed by atoms with E-state index in [9.17, 15) is 0 Å². The summed E-state index contributed by atoms with van der Waals surface area (Å²) in [6.07, 6.45) is 6.56.